The minimum atomic E-state index is -4.98. The molecule has 1 rings (SSSR count). The molecule has 0 saturated carbocycles. The van der Waals surface area contributed by atoms with E-state index in [1.165, 1.54) is 0 Å². The maximum absolute atomic E-state index is 12.3. The van der Waals surface area contributed by atoms with Crippen molar-refractivity contribution in [2.24, 2.45) is 0 Å². The lowest BCUT2D eigenvalue weighted by Crippen LogP contribution is -2.53. The van der Waals surface area contributed by atoms with E-state index in [0.29, 0.717) is 12.5 Å². The zero-order valence-corrected chi connectivity index (χ0v) is 6.42. The van der Waals surface area contributed by atoms with E-state index in [-0.39, 0.29) is 0 Å². The van der Waals surface area contributed by atoms with Crippen molar-refractivity contribution in [2.45, 2.75) is 12.0 Å². The van der Waals surface area contributed by atoms with E-state index >= 15 is 0 Å². The molecule has 0 aromatic carbocycles. The lowest BCUT2D eigenvalue weighted by Gasteiger charge is -2.25. The van der Waals surface area contributed by atoms with Gasteiger partial charge in [0.1, 0.15) is 12.5 Å². The first-order valence-corrected chi connectivity index (χ1v) is 3.10. The third-order valence-corrected chi connectivity index (χ3v) is 1.35. The van der Waals surface area contributed by atoms with E-state index in [1.807, 2.05) is 0 Å². The normalized spacial score (nSPS) is 19.1. The van der Waals surface area contributed by atoms with Gasteiger partial charge in [-0.3, -0.25) is 0 Å². The van der Waals surface area contributed by atoms with Gasteiger partial charge in [0.15, 0.2) is 0 Å². The number of hydrogen-bond acceptors (Lipinski definition) is 4. The molecule has 7 heteroatoms. The molecule has 0 fully saturated rings. The monoisotopic (exact) mass is 198 g/mol. The van der Waals surface area contributed by atoms with Crippen molar-refractivity contribution in [1.82, 2.24) is 0 Å². The molecular formula is C6H5F3O4. The summed E-state index contributed by atoms with van der Waals surface area (Å²) in [5.41, 5.74) is 0. The predicted octanol–water partition coefficient (Wildman–Crippen LogP) is 0.936. The van der Waals surface area contributed by atoms with Crippen molar-refractivity contribution >= 4 is 5.97 Å². The van der Waals surface area contributed by atoms with Crippen molar-refractivity contribution in [3.63, 3.8) is 0 Å². The highest BCUT2D eigenvalue weighted by molar-refractivity contribution is 5.79. The van der Waals surface area contributed by atoms with Crippen LogP contribution < -0.4 is 0 Å². The van der Waals surface area contributed by atoms with Gasteiger partial charge in [0, 0.05) is 0 Å². The summed E-state index contributed by atoms with van der Waals surface area (Å²) in [6.45, 7) is 0. The first kappa shape index (κ1) is 9.69. The molecule has 0 aromatic rings. The van der Waals surface area contributed by atoms with Gasteiger partial charge in [0.05, 0.1) is 7.11 Å². The molecule has 74 valence electrons. The molecule has 1 heterocycles. The second-order valence-electron chi connectivity index (χ2n) is 2.11. The van der Waals surface area contributed by atoms with Gasteiger partial charge in [-0.1, -0.05) is 0 Å². The Morgan fingerprint density at radius 3 is 2.15 bits per heavy atom. The quantitative estimate of drug-likeness (QED) is 0.588. The van der Waals surface area contributed by atoms with Gasteiger partial charge in [-0.25, -0.2) is 4.79 Å². The van der Waals surface area contributed by atoms with Crippen molar-refractivity contribution in [3.05, 3.63) is 12.5 Å². The van der Waals surface area contributed by atoms with Crippen molar-refractivity contribution in [2.75, 3.05) is 7.11 Å². The van der Waals surface area contributed by atoms with Crippen LogP contribution >= 0.6 is 0 Å². The molecule has 0 radical (unpaired) electrons. The van der Waals surface area contributed by atoms with Crippen LogP contribution in [0.25, 0.3) is 0 Å². The van der Waals surface area contributed by atoms with Crippen molar-refractivity contribution < 1.29 is 32.2 Å². The van der Waals surface area contributed by atoms with Gasteiger partial charge in [-0.15, -0.1) is 0 Å². The van der Waals surface area contributed by atoms with Crippen LogP contribution in [0.5, 0.6) is 0 Å². The topological polar surface area (TPSA) is 44.8 Å². The Kier molecular flexibility index (Phi) is 2.10. The smallest absolute Gasteiger partial charge is 0.463 e. The molecule has 0 saturated heterocycles. The fourth-order valence-electron chi connectivity index (χ4n) is 0.755. The van der Waals surface area contributed by atoms with Crippen LogP contribution in [0.1, 0.15) is 0 Å². The molecule has 0 aliphatic carbocycles. The zero-order valence-electron chi connectivity index (χ0n) is 6.42. The molecule has 0 amide bonds. The highest BCUT2D eigenvalue weighted by Gasteiger charge is 2.68. The summed E-state index contributed by atoms with van der Waals surface area (Å²) in [6, 6.07) is 0. The molecule has 0 bridgehead atoms. The van der Waals surface area contributed by atoms with Crippen molar-refractivity contribution in [1.29, 1.82) is 0 Å². The fraction of sp³-hybridized carbons (Fsp3) is 0.500. The summed E-state index contributed by atoms with van der Waals surface area (Å²) in [4.78, 5) is 10.8. The second kappa shape index (κ2) is 2.82. The Morgan fingerprint density at radius 2 is 1.85 bits per heavy atom. The van der Waals surface area contributed by atoms with Gasteiger partial charge in [0.25, 0.3) is 0 Å². The van der Waals surface area contributed by atoms with E-state index in [0.717, 1.165) is 7.11 Å². The summed E-state index contributed by atoms with van der Waals surface area (Å²) in [5, 5.41) is 0. The minimum Gasteiger partial charge on any atom is -0.463 e. The molecule has 0 spiro atoms. The molecular weight excluding hydrogens is 193 g/mol. The number of esters is 1. The average molecular weight is 198 g/mol. The van der Waals surface area contributed by atoms with Crippen LogP contribution in [-0.4, -0.2) is 25.0 Å². The first-order valence-electron chi connectivity index (χ1n) is 3.10. The van der Waals surface area contributed by atoms with E-state index in [1.54, 1.807) is 0 Å². The lowest BCUT2D eigenvalue weighted by atomic mass is 10.3. The molecule has 0 N–H and O–H groups in total. The van der Waals surface area contributed by atoms with Crippen LogP contribution in [0, 0.1) is 0 Å². The van der Waals surface area contributed by atoms with E-state index in [9.17, 15) is 18.0 Å². The maximum atomic E-state index is 12.3. The standard InChI is InChI=1S/C6H5F3O4/c1-11-4(10)5(6(7,8)9)12-2-3-13-5/h2-3H,1H3. The Balaban J connectivity index is 2.96. The van der Waals surface area contributed by atoms with Crippen molar-refractivity contribution in [3.8, 4) is 0 Å². The third-order valence-electron chi connectivity index (χ3n) is 1.35. The summed E-state index contributed by atoms with van der Waals surface area (Å²) >= 11 is 0. The summed E-state index contributed by atoms with van der Waals surface area (Å²) < 4.78 is 48.8. The number of ether oxygens (including phenoxy) is 3. The maximum Gasteiger partial charge on any atom is 0.480 e. The SMILES string of the molecule is COC(=O)C1(C(F)(F)F)OC=CO1. The molecule has 0 unspecified atom stereocenters. The summed E-state index contributed by atoms with van der Waals surface area (Å²) in [5.74, 6) is -4.98. The first-order chi connectivity index (χ1) is 5.94. The number of hydrogen-bond donors (Lipinski definition) is 0. The molecule has 4 nitrogen and oxygen atoms in total. The van der Waals surface area contributed by atoms with Crippen LogP contribution in [0.3, 0.4) is 0 Å². The highest BCUT2D eigenvalue weighted by Crippen LogP contribution is 2.38. The van der Waals surface area contributed by atoms with Gasteiger partial charge in [0.2, 0.25) is 0 Å². The Morgan fingerprint density at radius 1 is 1.38 bits per heavy atom. The van der Waals surface area contributed by atoms with Crippen LogP contribution in [0.15, 0.2) is 12.5 Å². The Hall–Kier alpha value is -1.40. The largest absolute Gasteiger partial charge is 0.480 e. The summed E-state index contributed by atoms with van der Waals surface area (Å²) in [7, 11) is 0.806. The molecule has 13 heavy (non-hydrogen) atoms. The molecule has 0 atom stereocenters. The number of carbonyl (C=O) groups is 1. The average Bonchev–Trinajstić information content (AvgIpc) is 2.50. The van der Waals surface area contributed by atoms with Gasteiger partial charge < -0.3 is 14.2 Å². The fourth-order valence-corrected chi connectivity index (χ4v) is 0.755. The van der Waals surface area contributed by atoms with Gasteiger partial charge in [-0.05, 0) is 0 Å². The Labute approximate surface area is 70.9 Å². The number of rotatable bonds is 1. The second-order valence-corrected chi connectivity index (χ2v) is 2.11. The summed E-state index contributed by atoms with van der Waals surface area (Å²) in [6.07, 6.45) is -3.72. The number of alkyl halides is 3. The van der Waals surface area contributed by atoms with E-state index < -0.39 is 17.9 Å². The predicted molar refractivity (Wildman–Crippen MR) is 32.1 cm³/mol. The minimum absolute atomic E-state index is 0.629. The van der Waals surface area contributed by atoms with Crippen LogP contribution in [0.4, 0.5) is 13.2 Å². The zero-order chi connectivity index (χ0) is 10.1. The van der Waals surface area contributed by atoms with Crippen LogP contribution in [0.2, 0.25) is 0 Å². The van der Waals surface area contributed by atoms with E-state index in [4.69, 9.17) is 0 Å². The molecule has 0 aromatic heterocycles. The van der Waals surface area contributed by atoms with Gasteiger partial charge >= 0.3 is 17.9 Å². The lowest BCUT2D eigenvalue weighted by molar-refractivity contribution is -0.326. The number of halogens is 3. The third kappa shape index (κ3) is 1.30. The number of carbonyl (C=O) groups excluding carboxylic acids is 1. The van der Waals surface area contributed by atoms with E-state index in [2.05, 4.69) is 14.2 Å². The molecule has 1 aliphatic rings. The Bertz CT molecular complexity index is 237. The van der Waals surface area contributed by atoms with Gasteiger partial charge in [-0.2, -0.15) is 13.2 Å². The van der Waals surface area contributed by atoms with Crippen LogP contribution in [-0.2, 0) is 19.0 Å². The molecule has 1 aliphatic heterocycles. The number of methoxy groups -OCH3 is 1. The highest BCUT2D eigenvalue weighted by atomic mass is 19.4.